The van der Waals surface area contributed by atoms with Crippen LogP contribution in [0.5, 0.6) is 5.75 Å². The van der Waals surface area contributed by atoms with Crippen molar-refractivity contribution in [1.82, 2.24) is 14.8 Å². The summed E-state index contributed by atoms with van der Waals surface area (Å²) >= 11 is 0. The highest BCUT2D eigenvalue weighted by atomic mass is 16.3. The third-order valence-corrected chi connectivity index (χ3v) is 3.17. The molecule has 0 radical (unpaired) electrons. The zero-order chi connectivity index (χ0) is 14.7. The first-order valence-corrected chi connectivity index (χ1v) is 6.66. The van der Waals surface area contributed by atoms with E-state index in [2.05, 4.69) is 10.1 Å². The molecule has 1 heterocycles. The van der Waals surface area contributed by atoms with Crippen molar-refractivity contribution in [2.75, 3.05) is 0 Å². The van der Waals surface area contributed by atoms with Crippen LogP contribution in [-0.4, -0.2) is 19.9 Å². The second-order valence-corrected chi connectivity index (χ2v) is 4.68. The third-order valence-electron chi connectivity index (χ3n) is 3.17. The Kier molecular flexibility index (Phi) is 3.51. The van der Waals surface area contributed by atoms with E-state index in [0.29, 0.717) is 11.4 Å². The van der Waals surface area contributed by atoms with Gasteiger partial charge in [-0.25, -0.2) is 9.67 Å². The van der Waals surface area contributed by atoms with Crippen LogP contribution in [0, 0.1) is 0 Å². The molecule has 0 atom stereocenters. The Morgan fingerprint density at radius 2 is 1.67 bits per heavy atom. The number of nitrogens with zero attached hydrogens (tertiary/aromatic N) is 3. The highest BCUT2D eigenvalue weighted by Crippen LogP contribution is 2.26. The molecule has 0 fully saturated rings. The molecule has 0 aliphatic carbocycles. The smallest absolute Gasteiger partial charge is 0.185 e. The average Bonchev–Trinajstić information content (AvgIpc) is 2.88. The number of hydrogen-bond donors (Lipinski definition) is 1. The van der Waals surface area contributed by atoms with Crippen LogP contribution in [-0.2, 0) is 7.05 Å². The van der Waals surface area contributed by atoms with Crippen LogP contribution >= 0.6 is 0 Å². The molecule has 1 aromatic heterocycles. The van der Waals surface area contributed by atoms with Crippen LogP contribution in [0.3, 0.4) is 0 Å². The maximum Gasteiger partial charge on any atom is 0.185 e. The monoisotopic (exact) mass is 277 g/mol. The molecule has 2 aromatic carbocycles. The van der Waals surface area contributed by atoms with Gasteiger partial charge in [0.25, 0.3) is 0 Å². The summed E-state index contributed by atoms with van der Waals surface area (Å²) in [6, 6.07) is 17.1. The molecule has 104 valence electrons. The van der Waals surface area contributed by atoms with Gasteiger partial charge in [0, 0.05) is 7.05 Å². The molecule has 0 aliphatic rings. The molecule has 4 heteroatoms. The van der Waals surface area contributed by atoms with Gasteiger partial charge in [-0.1, -0.05) is 48.5 Å². The highest BCUT2D eigenvalue weighted by molar-refractivity contribution is 5.69. The SMILES string of the molecule is Cn1nc(-c2ccccc2O)nc1/C=C/c1ccccc1. The Morgan fingerprint density at radius 1 is 0.952 bits per heavy atom. The number of aromatic nitrogens is 3. The van der Waals surface area contributed by atoms with Crippen molar-refractivity contribution in [1.29, 1.82) is 0 Å². The summed E-state index contributed by atoms with van der Waals surface area (Å²) in [5.41, 5.74) is 1.73. The summed E-state index contributed by atoms with van der Waals surface area (Å²) in [6.45, 7) is 0. The third kappa shape index (κ3) is 2.84. The van der Waals surface area contributed by atoms with Crippen LogP contribution in [0.15, 0.2) is 54.6 Å². The second-order valence-electron chi connectivity index (χ2n) is 4.68. The van der Waals surface area contributed by atoms with Crippen LogP contribution in [0.25, 0.3) is 23.5 Å². The maximum absolute atomic E-state index is 9.86. The number of aromatic hydroxyl groups is 1. The van der Waals surface area contributed by atoms with Gasteiger partial charge in [-0.15, -0.1) is 0 Å². The van der Waals surface area contributed by atoms with Gasteiger partial charge in [0.2, 0.25) is 0 Å². The predicted octanol–water partition coefficient (Wildman–Crippen LogP) is 3.36. The first-order chi connectivity index (χ1) is 10.2. The van der Waals surface area contributed by atoms with Crippen molar-refractivity contribution in [3.63, 3.8) is 0 Å². The lowest BCUT2D eigenvalue weighted by Gasteiger charge is -1.97. The standard InChI is InChI=1S/C17H15N3O/c1-20-16(12-11-13-7-3-2-4-8-13)18-17(19-20)14-9-5-6-10-15(14)21/h2-12,21H,1H3/b12-11+. The number of benzene rings is 2. The van der Waals surface area contributed by atoms with Gasteiger partial charge >= 0.3 is 0 Å². The van der Waals surface area contributed by atoms with Crippen molar-refractivity contribution in [2.45, 2.75) is 0 Å². The van der Waals surface area contributed by atoms with Gasteiger partial charge in [-0.2, -0.15) is 5.10 Å². The van der Waals surface area contributed by atoms with Gasteiger partial charge in [0.15, 0.2) is 11.6 Å². The Labute approximate surface area is 123 Å². The number of phenolic OH excluding ortho intramolecular Hbond substituents is 1. The summed E-state index contributed by atoms with van der Waals surface area (Å²) in [4.78, 5) is 4.46. The minimum absolute atomic E-state index is 0.182. The molecule has 0 bridgehead atoms. The fourth-order valence-electron chi connectivity index (χ4n) is 2.05. The molecule has 0 amide bonds. The van der Waals surface area contributed by atoms with E-state index in [1.807, 2.05) is 55.6 Å². The molecule has 0 saturated carbocycles. The minimum atomic E-state index is 0.182. The first kappa shape index (κ1) is 13.1. The fourth-order valence-corrected chi connectivity index (χ4v) is 2.05. The largest absolute Gasteiger partial charge is 0.507 e. The summed E-state index contributed by atoms with van der Waals surface area (Å²) < 4.78 is 1.70. The van der Waals surface area contributed by atoms with Crippen molar-refractivity contribution in [2.24, 2.45) is 7.05 Å². The van der Waals surface area contributed by atoms with Crippen molar-refractivity contribution < 1.29 is 5.11 Å². The van der Waals surface area contributed by atoms with Gasteiger partial charge < -0.3 is 5.11 Å². The lowest BCUT2D eigenvalue weighted by molar-refractivity contribution is 0.477. The van der Waals surface area contributed by atoms with Crippen LogP contribution in [0.4, 0.5) is 0 Å². The fraction of sp³-hybridized carbons (Fsp3) is 0.0588. The molecule has 21 heavy (non-hydrogen) atoms. The van der Waals surface area contributed by atoms with E-state index < -0.39 is 0 Å². The molecule has 3 rings (SSSR count). The molecule has 3 aromatic rings. The Balaban J connectivity index is 1.92. The predicted molar refractivity (Wildman–Crippen MR) is 83.5 cm³/mol. The van der Waals surface area contributed by atoms with E-state index in [0.717, 1.165) is 11.4 Å². The second kappa shape index (κ2) is 5.63. The number of aryl methyl sites for hydroxylation is 1. The molecular weight excluding hydrogens is 262 g/mol. The summed E-state index contributed by atoms with van der Waals surface area (Å²) in [6.07, 6.45) is 3.89. The van der Waals surface area contributed by atoms with E-state index >= 15 is 0 Å². The van der Waals surface area contributed by atoms with Gasteiger partial charge in [-0.3, -0.25) is 0 Å². The van der Waals surface area contributed by atoms with Gasteiger partial charge in [0.1, 0.15) is 5.75 Å². The topological polar surface area (TPSA) is 50.9 Å². The number of phenols is 1. The van der Waals surface area contributed by atoms with E-state index in [1.165, 1.54) is 0 Å². The number of para-hydroxylation sites is 1. The number of hydrogen-bond acceptors (Lipinski definition) is 3. The van der Waals surface area contributed by atoms with Crippen molar-refractivity contribution in [3.8, 4) is 17.1 Å². The highest BCUT2D eigenvalue weighted by Gasteiger charge is 2.10. The lowest BCUT2D eigenvalue weighted by Crippen LogP contribution is -1.93. The van der Waals surface area contributed by atoms with Crippen molar-refractivity contribution in [3.05, 3.63) is 66.0 Å². The first-order valence-electron chi connectivity index (χ1n) is 6.66. The zero-order valence-electron chi connectivity index (χ0n) is 11.6. The van der Waals surface area contributed by atoms with E-state index in [-0.39, 0.29) is 5.75 Å². The van der Waals surface area contributed by atoms with Gasteiger partial charge in [0.05, 0.1) is 5.56 Å². The molecule has 0 spiro atoms. The van der Waals surface area contributed by atoms with E-state index in [1.54, 1.807) is 22.9 Å². The molecule has 0 unspecified atom stereocenters. The lowest BCUT2D eigenvalue weighted by atomic mass is 10.2. The normalized spacial score (nSPS) is 11.1. The molecule has 0 saturated heterocycles. The van der Waals surface area contributed by atoms with Crippen LogP contribution < -0.4 is 0 Å². The summed E-state index contributed by atoms with van der Waals surface area (Å²) in [5, 5.41) is 14.2. The Bertz CT molecular complexity index is 776. The quantitative estimate of drug-likeness (QED) is 0.798. The Morgan fingerprint density at radius 3 is 2.43 bits per heavy atom. The molecular formula is C17H15N3O. The van der Waals surface area contributed by atoms with Crippen LogP contribution in [0.1, 0.15) is 11.4 Å². The van der Waals surface area contributed by atoms with Crippen LogP contribution in [0.2, 0.25) is 0 Å². The molecule has 4 nitrogen and oxygen atoms in total. The molecule has 0 aliphatic heterocycles. The van der Waals surface area contributed by atoms with E-state index in [9.17, 15) is 5.11 Å². The zero-order valence-corrected chi connectivity index (χ0v) is 11.6. The molecule has 1 N–H and O–H groups in total. The summed E-state index contributed by atoms with van der Waals surface area (Å²) in [7, 11) is 1.83. The summed E-state index contributed by atoms with van der Waals surface area (Å²) in [5.74, 6) is 1.43. The maximum atomic E-state index is 9.86. The number of rotatable bonds is 3. The Hall–Kier alpha value is -2.88. The average molecular weight is 277 g/mol. The minimum Gasteiger partial charge on any atom is -0.507 e. The van der Waals surface area contributed by atoms with E-state index in [4.69, 9.17) is 0 Å². The van der Waals surface area contributed by atoms with Gasteiger partial charge in [-0.05, 0) is 23.8 Å². The van der Waals surface area contributed by atoms with Crippen molar-refractivity contribution >= 4 is 12.2 Å².